The zero-order valence-electron chi connectivity index (χ0n) is 14.5. The standard InChI is InChI=1S/C20H21ClN2O3/c21-20-8-13-5-14(9-20)7-19(6-13,12-20)18(25)26-11-17(24)23-16-4-2-1-3-15(16)10-22/h1-4,13-14H,5-9,11-12H2,(H,23,24)/t13-,14+,19?,20?. The topological polar surface area (TPSA) is 79.2 Å². The second-order valence-corrected chi connectivity index (χ2v) is 8.98. The summed E-state index contributed by atoms with van der Waals surface area (Å²) in [6.45, 7) is -0.342. The Hall–Kier alpha value is -2.06. The zero-order valence-corrected chi connectivity index (χ0v) is 15.2. The first-order valence-corrected chi connectivity index (χ1v) is 9.44. The van der Waals surface area contributed by atoms with Gasteiger partial charge in [-0.1, -0.05) is 12.1 Å². The van der Waals surface area contributed by atoms with E-state index in [0.29, 0.717) is 29.5 Å². The molecule has 1 aromatic carbocycles. The molecule has 4 aliphatic carbocycles. The van der Waals surface area contributed by atoms with E-state index in [0.717, 1.165) is 32.1 Å². The molecule has 0 saturated heterocycles. The molecular weight excluding hydrogens is 352 g/mol. The molecule has 136 valence electrons. The van der Waals surface area contributed by atoms with Gasteiger partial charge in [-0.25, -0.2) is 0 Å². The van der Waals surface area contributed by atoms with E-state index in [9.17, 15) is 9.59 Å². The number of nitrogens with zero attached hydrogens (tertiary/aromatic N) is 1. The van der Waals surface area contributed by atoms with Crippen LogP contribution in [-0.2, 0) is 14.3 Å². The molecule has 2 unspecified atom stereocenters. The first-order chi connectivity index (χ1) is 12.4. The van der Waals surface area contributed by atoms with Crippen molar-refractivity contribution in [2.24, 2.45) is 17.3 Å². The van der Waals surface area contributed by atoms with Crippen LogP contribution in [0.5, 0.6) is 0 Å². The Morgan fingerprint density at radius 3 is 2.58 bits per heavy atom. The average Bonchev–Trinajstić information content (AvgIpc) is 2.58. The minimum atomic E-state index is -0.517. The number of rotatable bonds is 4. The molecule has 0 aliphatic heterocycles. The monoisotopic (exact) mass is 372 g/mol. The maximum Gasteiger partial charge on any atom is 0.312 e. The smallest absolute Gasteiger partial charge is 0.312 e. The number of nitrogens with one attached hydrogen (secondary N) is 1. The van der Waals surface area contributed by atoms with Gasteiger partial charge in [0.1, 0.15) is 6.07 Å². The molecule has 0 radical (unpaired) electrons. The summed E-state index contributed by atoms with van der Waals surface area (Å²) in [6.07, 6.45) is 5.46. The van der Waals surface area contributed by atoms with Crippen LogP contribution in [0.25, 0.3) is 0 Å². The molecule has 0 heterocycles. The summed E-state index contributed by atoms with van der Waals surface area (Å²) in [7, 11) is 0. The number of hydrogen-bond acceptors (Lipinski definition) is 4. The number of carbonyl (C=O) groups is 2. The molecule has 0 spiro atoms. The molecule has 6 heteroatoms. The Balaban J connectivity index is 1.38. The molecule has 4 atom stereocenters. The lowest BCUT2D eigenvalue weighted by molar-refractivity contribution is -0.171. The normalized spacial score (nSPS) is 34.2. The number of amides is 1. The lowest BCUT2D eigenvalue weighted by Crippen LogP contribution is -2.56. The third-order valence-electron chi connectivity index (χ3n) is 6.08. The van der Waals surface area contributed by atoms with Gasteiger partial charge < -0.3 is 10.1 Å². The molecule has 5 nitrogen and oxygen atoms in total. The summed E-state index contributed by atoms with van der Waals surface area (Å²) in [5.74, 6) is 0.266. The fourth-order valence-electron chi connectivity index (χ4n) is 5.55. The number of esters is 1. The van der Waals surface area contributed by atoms with Crippen LogP contribution < -0.4 is 5.32 Å². The molecule has 0 aromatic heterocycles. The zero-order chi connectivity index (χ0) is 18.4. The van der Waals surface area contributed by atoms with Gasteiger partial charge in [-0.2, -0.15) is 5.26 Å². The quantitative estimate of drug-likeness (QED) is 0.646. The van der Waals surface area contributed by atoms with Crippen molar-refractivity contribution in [2.75, 3.05) is 11.9 Å². The minimum absolute atomic E-state index is 0.267. The fourth-order valence-corrected chi connectivity index (χ4v) is 6.24. The molecule has 4 saturated carbocycles. The number of benzene rings is 1. The molecule has 4 fully saturated rings. The molecule has 1 aromatic rings. The van der Waals surface area contributed by atoms with Crippen LogP contribution in [0, 0.1) is 28.6 Å². The number of carbonyl (C=O) groups excluding carboxylic acids is 2. The largest absolute Gasteiger partial charge is 0.455 e. The highest BCUT2D eigenvalue weighted by molar-refractivity contribution is 6.24. The number of anilines is 1. The Bertz CT molecular complexity index is 786. The summed E-state index contributed by atoms with van der Waals surface area (Å²) < 4.78 is 5.39. The molecule has 1 amide bonds. The highest BCUT2D eigenvalue weighted by Gasteiger charge is 2.60. The van der Waals surface area contributed by atoms with Crippen LogP contribution in [0.4, 0.5) is 5.69 Å². The molecule has 4 aliphatic rings. The van der Waals surface area contributed by atoms with E-state index in [2.05, 4.69) is 5.32 Å². The van der Waals surface area contributed by atoms with Crippen LogP contribution in [0.3, 0.4) is 0 Å². The van der Waals surface area contributed by atoms with E-state index in [1.165, 1.54) is 0 Å². The van der Waals surface area contributed by atoms with Crippen molar-refractivity contribution in [3.05, 3.63) is 29.8 Å². The summed E-state index contributed by atoms with van der Waals surface area (Å²) >= 11 is 6.75. The SMILES string of the molecule is N#Cc1ccccc1NC(=O)COC(=O)C12C[C@@H]3C[C@@H](CC(Cl)(C3)C1)C2. The van der Waals surface area contributed by atoms with Gasteiger partial charge in [0.15, 0.2) is 6.61 Å². The van der Waals surface area contributed by atoms with Gasteiger partial charge in [0.2, 0.25) is 0 Å². The van der Waals surface area contributed by atoms with Gasteiger partial charge >= 0.3 is 5.97 Å². The summed E-state index contributed by atoms with van der Waals surface area (Å²) in [5.41, 5.74) is 0.277. The van der Waals surface area contributed by atoms with Gasteiger partial charge in [-0.15, -0.1) is 11.6 Å². The van der Waals surface area contributed by atoms with E-state index < -0.39 is 11.3 Å². The molecular formula is C20H21ClN2O3. The Morgan fingerprint density at radius 2 is 1.92 bits per heavy atom. The number of hydrogen-bond donors (Lipinski definition) is 1. The van der Waals surface area contributed by atoms with Crippen LogP contribution >= 0.6 is 11.6 Å². The number of para-hydroxylation sites is 1. The van der Waals surface area contributed by atoms with Crippen molar-refractivity contribution in [1.82, 2.24) is 0 Å². The average molecular weight is 373 g/mol. The third kappa shape index (κ3) is 3.07. The van der Waals surface area contributed by atoms with Crippen LogP contribution in [-0.4, -0.2) is 23.4 Å². The maximum atomic E-state index is 12.8. The van der Waals surface area contributed by atoms with Crippen LogP contribution in [0.1, 0.15) is 44.1 Å². The predicted octanol–water partition coefficient (Wildman–Crippen LogP) is 3.62. The highest BCUT2D eigenvalue weighted by atomic mass is 35.5. The second-order valence-electron chi connectivity index (χ2n) is 8.17. The van der Waals surface area contributed by atoms with Crippen molar-refractivity contribution in [1.29, 1.82) is 5.26 Å². The van der Waals surface area contributed by atoms with E-state index >= 15 is 0 Å². The van der Waals surface area contributed by atoms with Crippen molar-refractivity contribution >= 4 is 29.2 Å². The van der Waals surface area contributed by atoms with Crippen molar-refractivity contribution in [2.45, 2.75) is 43.4 Å². The van der Waals surface area contributed by atoms with E-state index in [4.69, 9.17) is 21.6 Å². The van der Waals surface area contributed by atoms with Gasteiger partial charge in [-0.05, 0) is 62.5 Å². The van der Waals surface area contributed by atoms with Crippen LogP contribution in [0.15, 0.2) is 24.3 Å². The molecule has 5 rings (SSSR count). The number of ether oxygens (including phenoxy) is 1. The highest BCUT2D eigenvalue weighted by Crippen LogP contribution is 2.64. The van der Waals surface area contributed by atoms with E-state index in [1.807, 2.05) is 6.07 Å². The maximum absolute atomic E-state index is 12.8. The van der Waals surface area contributed by atoms with E-state index in [1.54, 1.807) is 24.3 Å². The van der Waals surface area contributed by atoms with Gasteiger partial charge in [0.25, 0.3) is 5.91 Å². The third-order valence-corrected chi connectivity index (χ3v) is 6.52. The first-order valence-electron chi connectivity index (χ1n) is 9.07. The van der Waals surface area contributed by atoms with E-state index in [-0.39, 0.29) is 17.5 Å². The van der Waals surface area contributed by atoms with Crippen molar-refractivity contribution in [3.8, 4) is 6.07 Å². The second kappa shape index (κ2) is 6.28. The van der Waals surface area contributed by atoms with Gasteiger partial charge in [0.05, 0.1) is 16.7 Å². The summed E-state index contributed by atoms with van der Waals surface area (Å²) in [5, 5.41) is 11.7. The van der Waals surface area contributed by atoms with Crippen molar-refractivity contribution in [3.63, 3.8) is 0 Å². The number of halogens is 1. The lowest BCUT2D eigenvalue weighted by Gasteiger charge is -2.58. The van der Waals surface area contributed by atoms with Gasteiger partial charge in [-0.3, -0.25) is 9.59 Å². The van der Waals surface area contributed by atoms with Crippen molar-refractivity contribution < 1.29 is 14.3 Å². The predicted molar refractivity (Wildman–Crippen MR) is 96.4 cm³/mol. The Labute approximate surface area is 157 Å². The first kappa shape index (κ1) is 17.4. The number of alkyl halides is 1. The van der Waals surface area contributed by atoms with Crippen LogP contribution in [0.2, 0.25) is 0 Å². The molecule has 4 bridgehead atoms. The summed E-state index contributed by atoms with van der Waals surface area (Å²) in [4.78, 5) is 24.7. The lowest BCUT2D eigenvalue weighted by atomic mass is 9.49. The molecule has 1 N–H and O–H groups in total. The van der Waals surface area contributed by atoms with Gasteiger partial charge in [0, 0.05) is 4.87 Å². The summed E-state index contributed by atoms with van der Waals surface area (Å²) in [6, 6.07) is 8.75. The number of nitriles is 1. The molecule has 26 heavy (non-hydrogen) atoms. The fraction of sp³-hybridized carbons (Fsp3) is 0.550. The Kier molecular flexibility index (Phi) is 4.19. The Morgan fingerprint density at radius 1 is 1.23 bits per heavy atom. The minimum Gasteiger partial charge on any atom is -0.455 e.